The largest absolute Gasteiger partial charge is 0.291 e. The van der Waals surface area contributed by atoms with Gasteiger partial charge in [-0.3, -0.25) is 9.59 Å². The number of hydrogen-bond donors (Lipinski definition) is 0. The van der Waals surface area contributed by atoms with E-state index < -0.39 is 0 Å². The van der Waals surface area contributed by atoms with Crippen molar-refractivity contribution in [2.75, 3.05) is 0 Å². The van der Waals surface area contributed by atoms with Gasteiger partial charge in [0.05, 0.1) is 0 Å². The molecule has 0 aromatic rings. The lowest BCUT2D eigenvalue weighted by atomic mass is 9.99. The van der Waals surface area contributed by atoms with Crippen molar-refractivity contribution >= 4 is 11.6 Å². The van der Waals surface area contributed by atoms with E-state index in [1.165, 1.54) is 6.42 Å². The fourth-order valence-corrected chi connectivity index (χ4v) is 1.91. The van der Waals surface area contributed by atoms with Crippen molar-refractivity contribution in [1.82, 2.24) is 0 Å². The molecule has 0 aromatic carbocycles. The number of fused-ring (bicyclic) bond motifs is 1. The van der Waals surface area contributed by atoms with Gasteiger partial charge in [0.1, 0.15) is 0 Å². The summed E-state index contributed by atoms with van der Waals surface area (Å²) in [5.41, 5.74) is 0. The quantitative estimate of drug-likeness (QED) is 0.491. The van der Waals surface area contributed by atoms with Gasteiger partial charge in [0.2, 0.25) is 5.78 Å². The second-order valence-electron chi connectivity index (χ2n) is 3.64. The van der Waals surface area contributed by atoms with Gasteiger partial charge in [0, 0.05) is 12.3 Å². The fraction of sp³-hybridized carbons (Fsp3) is 0.778. The van der Waals surface area contributed by atoms with Crippen molar-refractivity contribution < 1.29 is 9.59 Å². The molecule has 0 N–H and O–H groups in total. The standard InChI is InChI=1S/C9H12O2/c10-8-4-2-1-3-6-5-7(6)9(8)11/h6-7H,1-5H2. The predicted molar refractivity (Wildman–Crippen MR) is 40.1 cm³/mol. The zero-order chi connectivity index (χ0) is 7.84. The Morgan fingerprint density at radius 1 is 1.18 bits per heavy atom. The fourth-order valence-electron chi connectivity index (χ4n) is 1.91. The summed E-state index contributed by atoms with van der Waals surface area (Å²) in [6, 6.07) is 0. The molecule has 2 aliphatic carbocycles. The maximum Gasteiger partial charge on any atom is 0.201 e. The van der Waals surface area contributed by atoms with Gasteiger partial charge in [0.25, 0.3) is 0 Å². The molecule has 2 heteroatoms. The molecular formula is C9H12O2. The lowest BCUT2D eigenvalue weighted by Crippen LogP contribution is -2.18. The van der Waals surface area contributed by atoms with E-state index in [-0.39, 0.29) is 17.5 Å². The van der Waals surface area contributed by atoms with Crippen molar-refractivity contribution in [3.63, 3.8) is 0 Å². The van der Waals surface area contributed by atoms with E-state index >= 15 is 0 Å². The first-order chi connectivity index (χ1) is 5.29. The molecule has 0 aromatic heterocycles. The summed E-state index contributed by atoms with van der Waals surface area (Å²) < 4.78 is 0. The molecule has 0 spiro atoms. The van der Waals surface area contributed by atoms with Gasteiger partial charge in [-0.2, -0.15) is 0 Å². The van der Waals surface area contributed by atoms with E-state index in [2.05, 4.69) is 0 Å². The van der Waals surface area contributed by atoms with E-state index in [0.717, 1.165) is 19.3 Å². The molecule has 0 radical (unpaired) electrons. The van der Waals surface area contributed by atoms with Gasteiger partial charge < -0.3 is 0 Å². The summed E-state index contributed by atoms with van der Waals surface area (Å²) >= 11 is 0. The summed E-state index contributed by atoms with van der Waals surface area (Å²) in [6.45, 7) is 0. The zero-order valence-electron chi connectivity index (χ0n) is 6.51. The van der Waals surface area contributed by atoms with Crippen molar-refractivity contribution in [1.29, 1.82) is 0 Å². The highest BCUT2D eigenvalue weighted by atomic mass is 16.2. The van der Waals surface area contributed by atoms with Crippen LogP contribution in [0.25, 0.3) is 0 Å². The average molecular weight is 152 g/mol. The topological polar surface area (TPSA) is 34.1 Å². The van der Waals surface area contributed by atoms with Crippen molar-refractivity contribution in [2.24, 2.45) is 11.8 Å². The van der Waals surface area contributed by atoms with Crippen LogP contribution in [0.3, 0.4) is 0 Å². The number of Topliss-reactive ketones (excluding diaryl/α,β-unsaturated/α-hetero) is 2. The third-order valence-electron chi connectivity index (χ3n) is 2.76. The first-order valence-electron chi connectivity index (χ1n) is 4.36. The van der Waals surface area contributed by atoms with Crippen LogP contribution in [-0.4, -0.2) is 11.6 Å². The average Bonchev–Trinajstić information content (AvgIpc) is 2.73. The molecule has 0 saturated heterocycles. The van der Waals surface area contributed by atoms with Crippen LogP contribution in [0.4, 0.5) is 0 Å². The molecule has 2 saturated carbocycles. The Balaban J connectivity index is 2.06. The Kier molecular flexibility index (Phi) is 1.55. The summed E-state index contributed by atoms with van der Waals surface area (Å²) in [5.74, 6) is 0.529. The summed E-state index contributed by atoms with van der Waals surface area (Å²) in [5, 5.41) is 0. The first-order valence-corrected chi connectivity index (χ1v) is 4.36. The molecule has 0 aliphatic heterocycles. The maximum atomic E-state index is 11.2. The Morgan fingerprint density at radius 3 is 2.82 bits per heavy atom. The smallest absolute Gasteiger partial charge is 0.201 e. The summed E-state index contributed by atoms with van der Waals surface area (Å²) in [7, 11) is 0. The van der Waals surface area contributed by atoms with Crippen LogP contribution >= 0.6 is 0 Å². The number of carbonyl (C=O) groups excluding carboxylic acids is 2. The lowest BCUT2D eigenvalue weighted by Gasteiger charge is -2.04. The van der Waals surface area contributed by atoms with E-state index in [1.54, 1.807) is 0 Å². The highest BCUT2D eigenvalue weighted by Crippen LogP contribution is 2.44. The molecule has 0 heterocycles. The minimum atomic E-state index is -0.114. The third kappa shape index (κ3) is 1.22. The van der Waals surface area contributed by atoms with Gasteiger partial charge in [-0.1, -0.05) is 6.42 Å². The number of rotatable bonds is 0. The number of ketones is 2. The summed E-state index contributed by atoms with van der Waals surface area (Å²) in [6.07, 6.45) is 4.73. The third-order valence-corrected chi connectivity index (χ3v) is 2.76. The van der Waals surface area contributed by atoms with Gasteiger partial charge in [0.15, 0.2) is 5.78 Å². The minimum Gasteiger partial charge on any atom is -0.291 e. The van der Waals surface area contributed by atoms with E-state index in [0.29, 0.717) is 12.3 Å². The zero-order valence-corrected chi connectivity index (χ0v) is 6.51. The second-order valence-corrected chi connectivity index (χ2v) is 3.64. The van der Waals surface area contributed by atoms with Gasteiger partial charge >= 0.3 is 0 Å². The monoisotopic (exact) mass is 152 g/mol. The molecule has 0 amide bonds. The van der Waals surface area contributed by atoms with Crippen LogP contribution in [0.2, 0.25) is 0 Å². The molecule has 2 rings (SSSR count). The molecule has 2 aliphatic rings. The normalized spacial score (nSPS) is 37.5. The highest BCUT2D eigenvalue weighted by molar-refractivity contribution is 6.38. The van der Waals surface area contributed by atoms with E-state index in [9.17, 15) is 9.59 Å². The van der Waals surface area contributed by atoms with Gasteiger partial charge in [-0.05, 0) is 25.2 Å². The van der Waals surface area contributed by atoms with Gasteiger partial charge in [-0.25, -0.2) is 0 Å². The van der Waals surface area contributed by atoms with Crippen LogP contribution in [0, 0.1) is 11.8 Å². The van der Waals surface area contributed by atoms with Crippen molar-refractivity contribution in [2.45, 2.75) is 32.1 Å². The Morgan fingerprint density at radius 2 is 2.00 bits per heavy atom. The summed E-state index contributed by atoms with van der Waals surface area (Å²) in [4.78, 5) is 22.2. The van der Waals surface area contributed by atoms with Crippen LogP contribution in [-0.2, 0) is 9.59 Å². The molecule has 2 nitrogen and oxygen atoms in total. The molecule has 2 unspecified atom stereocenters. The van der Waals surface area contributed by atoms with E-state index in [1.807, 2.05) is 0 Å². The Bertz CT molecular complexity index is 208. The van der Waals surface area contributed by atoms with Crippen LogP contribution in [0.1, 0.15) is 32.1 Å². The maximum absolute atomic E-state index is 11.2. The highest BCUT2D eigenvalue weighted by Gasteiger charge is 2.45. The molecule has 60 valence electrons. The molecular weight excluding hydrogens is 140 g/mol. The predicted octanol–water partition coefficient (Wildman–Crippen LogP) is 1.33. The molecule has 11 heavy (non-hydrogen) atoms. The second kappa shape index (κ2) is 2.43. The molecule has 2 atom stereocenters. The molecule has 0 bridgehead atoms. The SMILES string of the molecule is O=C1CCCCC2CC2C1=O. The van der Waals surface area contributed by atoms with Gasteiger partial charge in [-0.15, -0.1) is 0 Å². The lowest BCUT2D eigenvalue weighted by molar-refractivity contribution is -0.137. The van der Waals surface area contributed by atoms with E-state index in [4.69, 9.17) is 0 Å². The van der Waals surface area contributed by atoms with Crippen LogP contribution in [0.5, 0.6) is 0 Å². The first kappa shape index (κ1) is 7.01. The minimum absolute atomic E-state index is 0.0744. The molecule has 2 fully saturated rings. The van der Waals surface area contributed by atoms with Crippen molar-refractivity contribution in [3.8, 4) is 0 Å². The Hall–Kier alpha value is -0.660. The number of hydrogen-bond acceptors (Lipinski definition) is 2. The number of carbonyl (C=O) groups is 2. The van der Waals surface area contributed by atoms with Crippen LogP contribution < -0.4 is 0 Å². The van der Waals surface area contributed by atoms with Crippen LogP contribution in [0.15, 0.2) is 0 Å². The Labute approximate surface area is 66.0 Å². The van der Waals surface area contributed by atoms with Crippen molar-refractivity contribution in [3.05, 3.63) is 0 Å².